The second-order valence-electron chi connectivity index (χ2n) is 5.61. The van der Waals surface area contributed by atoms with Crippen LogP contribution in [0.1, 0.15) is 6.92 Å². The largest absolute Gasteiger partial charge is 0.394 e. The molecule has 0 aromatic carbocycles. The molecule has 0 radical (unpaired) electrons. The average Bonchev–Trinajstić information content (AvgIpc) is 3.14. The molecule has 3 heterocycles. The van der Waals surface area contributed by atoms with Crippen LogP contribution in [0.3, 0.4) is 0 Å². The third-order valence-electron chi connectivity index (χ3n) is 3.62. The highest BCUT2D eigenvalue weighted by molar-refractivity contribution is 5.89. The Hall–Kier alpha value is -3.11. The summed E-state index contributed by atoms with van der Waals surface area (Å²) >= 11 is 0. The molecule has 27 heavy (non-hydrogen) atoms. The zero-order valence-corrected chi connectivity index (χ0v) is 14.9. The van der Waals surface area contributed by atoms with Crippen molar-refractivity contribution in [2.24, 2.45) is 0 Å². The van der Waals surface area contributed by atoms with Crippen LogP contribution < -0.4 is 10.6 Å². The summed E-state index contributed by atoms with van der Waals surface area (Å²) < 4.78 is 6.97. The fourth-order valence-corrected chi connectivity index (χ4v) is 2.37. The minimum absolute atomic E-state index is 0.000978. The van der Waals surface area contributed by atoms with Crippen molar-refractivity contribution in [2.75, 3.05) is 31.7 Å². The maximum absolute atomic E-state index is 11.6. The molecule has 0 spiro atoms. The molecular formula is C17H21N7O3. The quantitative estimate of drug-likeness (QED) is 0.505. The number of aliphatic hydroxyl groups excluding tert-OH is 1. The normalized spacial score (nSPS) is 10.9. The number of pyridine rings is 1. The Morgan fingerprint density at radius 3 is 2.96 bits per heavy atom. The molecular weight excluding hydrogens is 350 g/mol. The number of fused-ring (bicyclic) bond motifs is 1. The van der Waals surface area contributed by atoms with E-state index in [0.717, 1.165) is 5.56 Å². The Kier molecular flexibility index (Phi) is 6.23. The maximum atomic E-state index is 11.6. The topological polar surface area (TPSA) is 127 Å². The molecule has 0 aliphatic heterocycles. The molecule has 3 aromatic rings. The lowest BCUT2D eigenvalue weighted by molar-refractivity contribution is 0.0854. The highest BCUT2D eigenvalue weighted by Gasteiger charge is 2.08. The lowest BCUT2D eigenvalue weighted by atomic mass is 10.2. The van der Waals surface area contributed by atoms with E-state index in [2.05, 4.69) is 30.7 Å². The van der Waals surface area contributed by atoms with E-state index < -0.39 is 0 Å². The predicted octanol–water partition coefficient (Wildman–Crippen LogP) is 1.04. The van der Waals surface area contributed by atoms with E-state index >= 15 is 0 Å². The van der Waals surface area contributed by atoms with Crippen LogP contribution in [0.2, 0.25) is 0 Å². The molecule has 10 nitrogen and oxygen atoms in total. The minimum atomic E-state index is -0.321. The number of urea groups is 1. The highest BCUT2D eigenvalue weighted by atomic mass is 16.5. The van der Waals surface area contributed by atoms with Crippen LogP contribution >= 0.6 is 0 Å². The van der Waals surface area contributed by atoms with Crippen LogP contribution in [0.4, 0.5) is 10.6 Å². The van der Waals surface area contributed by atoms with Crippen LogP contribution in [0, 0.1) is 0 Å². The summed E-state index contributed by atoms with van der Waals surface area (Å²) in [4.78, 5) is 24.9. The number of amides is 2. The lowest BCUT2D eigenvalue weighted by Crippen LogP contribution is -2.28. The Morgan fingerprint density at radius 2 is 2.15 bits per heavy atom. The zero-order chi connectivity index (χ0) is 19.1. The third-order valence-corrected chi connectivity index (χ3v) is 3.62. The molecule has 0 saturated heterocycles. The molecule has 0 aliphatic carbocycles. The molecule has 0 unspecified atom stereocenters. The molecule has 142 valence electrons. The number of rotatable bonds is 8. The number of nitrogens with one attached hydrogen (secondary N) is 2. The second-order valence-corrected chi connectivity index (χ2v) is 5.61. The Morgan fingerprint density at radius 1 is 1.26 bits per heavy atom. The summed E-state index contributed by atoms with van der Waals surface area (Å²) in [6, 6.07) is 3.11. The van der Waals surface area contributed by atoms with Gasteiger partial charge in [-0.2, -0.15) is 5.10 Å². The molecule has 0 aliphatic rings. The van der Waals surface area contributed by atoms with Gasteiger partial charge in [-0.3, -0.25) is 15.0 Å². The Bertz CT molecular complexity index is 912. The molecule has 2 amide bonds. The first-order valence-corrected chi connectivity index (χ1v) is 8.59. The monoisotopic (exact) mass is 371 g/mol. The van der Waals surface area contributed by atoms with Gasteiger partial charge in [0.15, 0.2) is 5.65 Å². The molecule has 0 fully saturated rings. The van der Waals surface area contributed by atoms with E-state index in [0.29, 0.717) is 49.0 Å². The number of nitrogens with zero attached hydrogens (tertiary/aromatic N) is 5. The van der Waals surface area contributed by atoms with E-state index in [1.54, 1.807) is 29.2 Å². The number of ether oxygens (including phenoxy) is 1. The predicted molar refractivity (Wildman–Crippen MR) is 99.2 cm³/mol. The van der Waals surface area contributed by atoms with Gasteiger partial charge in [0.05, 0.1) is 44.5 Å². The number of carbonyl (C=O) groups is 1. The number of anilines is 1. The summed E-state index contributed by atoms with van der Waals surface area (Å²) in [7, 11) is 0. The molecule has 3 aromatic heterocycles. The number of aromatic nitrogens is 5. The smallest absolute Gasteiger partial charge is 0.320 e. The van der Waals surface area contributed by atoms with E-state index in [1.807, 2.05) is 13.1 Å². The standard InChI is InChI=1S/C17H21N7O3/c1-2-18-17(26)23-15-4-3-13-16(22-15)21-14(10-19-13)12-9-20-24(11-12)5-7-27-8-6-25/h3-4,9-11,25H,2,5-8H2,1H3,(H2,18,21,22,23,26). The molecule has 10 heteroatoms. The van der Waals surface area contributed by atoms with Gasteiger partial charge in [-0.15, -0.1) is 0 Å². The van der Waals surface area contributed by atoms with Crippen molar-refractivity contribution in [3.05, 3.63) is 30.7 Å². The van der Waals surface area contributed by atoms with E-state index in [4.69, 9.17) is 9.84 Å². The molecule has 3 N–H and O–H groups in total. The van der Waals surface area contributed by atoms with Gasteiger partial charge in [0.1, 0.15) is 11.3 Å². The SMILES string of the molecule is CCNC(=O)Nc1ccc2ncc(-c3cnn(CCOCCO)c3)nc2n1. The van der Waals surface area contributed by atoms with Crippen LogP contribution in [0.5, 0.6) is 0 Å². The van der Waals surface area contributed by atoms with Gasteiger partial charge in [0, 0.05) is 18.3 Å². The summed E-state index contributed by atoms with van der Waals surface area (Å²) in [6.07, 6.45) is 5.19. The van der Waals surface area contributed by atoms with Crippen LogP contribution in [-0.4, -0.2) is 62.2 Å². The average molecular weight is 371 g/mol. The number of hydrogen-bond donors (Lipinski definition) is 3. The summed E-state index contributed by atoms with van der Waals surface area (Å²) in [5, 5.41) is 18.3. The molecule has 0 bridgehead atoms. The summed E-state index contributed by atoms with van der Waals surface area (Å²) in [5.41, 5.74) is 2.49. The zero-order valence-electron chi connectivity index (χ0n) is 14.9. The van der Waals surface area contributed by atoms with E-state index in [-0.39, 0.29) is 12.6 Å². The van der Waals surface area contributed by atoms with Crippen molar-refractivity contribution < 1.29 is 14.6 Å². The number of aliphatic hydroxyl groups is 1. The summed E-state index contributed by atoms with van der Waals surface area (Å²) in [5.74, 6) is 0.400. The molecule has 0 saturated carbocycles. The van der Waals surface area contributed by atoms with Gasteiger partial charge in [-0.05, 0) is 19.1 Å². The van der Waals surface area contributed by atoms with Gasteiger partial charge in [-0.25, -0.2) is 14.8 Å². The van der Waals surface area contributed by atoms with Crippen molar-refractivity contribution in [3.8, 4) is 11.3 Å². The fourth-order valence-electron chi connectivity index (χ4n) is 2.37. The first-order chi connectivity index (χ1) is 13.2. The van der Waals surface area contributed by atoms with Gasteiger partial charge >= 0.3 is 6.03 Å². The molecule has 0 atom stereocenters. The van der Waals surface area contributed by atoms with Crippen molar-refractivity contribution in [1.29, 1.82) is 0 Å². The van der Waals surface area contributed by atoms with Gasteiger partial charge in [0.25, 0.3) is 0 Å². The first kappa shape index (κ1) is 18.7. The molecule has 3 rings (SSSR count). The van der Waals surface area contributed by atoms with Crippen molar-refractivity contribution in [2.45, 2.75) is 13.5 Å². The highest BCUT2D eigenvalue weighted by Crippen LogP contribution is 2.19. The maximum Gasteiger partial charge on any atom is 0.320 e. The van der Waals surface area contributed by atoms with Crippen molar-refractivity contribution in [3.63, 3.8) is 0 Å². The number of carbonyl (C=O) groups excluding carboxylic acids is 1. The first-order valence-electron chi connectivity index (χ1n) is 8.59. The van der Waals surface area contributed by atoms with Gasteiger partial charge in [-0.1, -0.05) is 0 Å². The fraction of sp³-hybridized carbons (Fsp3) is 0.353. The van der Waals surface area contributed by atoms with Crippen molar-refractivity contribution >= 4 is 23.0 Å². The van der Waals surface area contributed by atoms with Crippen molar-refractivity contribution in [1.82, 2.24) is 30.0 Å². The van der Waals surface area contributed by atoms with Crippen LogP contribution in [-0.2, 0) is 11.3 Å². The van der Waals surface area contributed by atoms with Crippen LogP contribution in [0.25, 0.3) is 22.4 Å². The van der Waals surface area contributed by atoms with Gasteiger partial charge in [0.2, 0.25) is 0 Å². The Balaban J connectivity index is 1.75. The lowest BCUT2D eigenvalue weighted by Gasteiger charge is -2.06. The third kappa shape index (κ3) is 4.96. The Labute approximate surface area is 155 Å². The van der Waals surface area contributed by atoms with E-state index in [9.17, 15) is 4.79 Å². The number of hydrogen-bond acceptors (Lipinski definition) is 7. The minimum Gasteiger partial charge on any atom is -0.394 e. The van der Waals surface area contributed by atoms with E-state index in [1.165, 1.54) is 0 Å². The second kappa shape index (κ2) is 9.01. The van der Waals surface area contributed by atoms with Crippen LogP contribution in [0.15, 0.2) is 30.7 Å². The van der Waals surface area contributed by atoms with Gasteiger partial charge < -0.3 is 15.2 Å². The summed E-state index contributed by atoms with van der Waals surface area (Å²) in [6.45, 7) is 3.70.